The molecule has 5 amide bonds. The molecule has 0 aromatic carbocycles. The molecule has 0 saturated heterocycles. The Hall–Kier alpha value is -2.71. The molecule has 3 N–H and O–H groups in total. The van der Waals surface area contributed by atoms with E-state index in [1.54, 1.807) is 6.92 Å². The molecule has 0 aromatic heterocycles. The van der Waals surface area contributed by atoms with Crippen LogP contribution in [-0.4, -0.2) is 60.1 Å². The van der Waals surface area contributed by atoms with E-state index in [9.17, 15) is 24.0 Å². The summed E-state index contributed by atoms with van der Waals surface area (Å²) in [5, 5.41) is 7.76. The number of unbranched alkanes of at least 4 members (excludes halogenated alkanes) is 2. The topological polar surface area (TPSA) is 125 Å². The molecule has 1 heterocycles. The van der Waals surface area contributed by atoms with Gasteiger partial charge in [0.25, 0.3) is 11.8 Å². The second kappa shape index (κ2) is 11.2. The quantitative estimate of drug-likeness (QED) is 0.332. The molecule has 1 aliphatic rings. The highest BCUT2D eigenvalue weighted by molar-refractivity contribution is 6.12. The monoisotopic (exact) mass is 394 g/mol. The van der Waals surface area contributed by atoms with Crippen molar-refractivity contribution in [3.05, 3.63) is 12.2 Å². The molecule has 1 unspecified atom stereocenters. The molecule has 1 aliphatic heterocycles. The number of nitrogens with zero attached hydrogens (tertiary/aromatic N) is 1. The van der Waals surface area contributed by atoms with Crippen LogP contribution in [0.4, 0.5) is 0 Å². The zero-order valence-corrected chi connectivity index (χ0v) is 16.9. The molecular weight excluding hydrogens is 364 g/mol. The highest BCUT2D eigenvalue weighted by atomic mass is 16.2. The van der Waals surface area contributed by atoms with Crippen LogP contribution in [0.5, 0.6) is 0 Å². The zero-order valence-electron chi connectivity index (χ0n) is 16.9. The van der Waals surface area contributed by atoms with Crippen LogP contribution in [0.2, 0.25) is 0 Å². The Morgan fingerprint density at radius 2 is 1.54 bits per heavy atom. The van der Waals surface area contributed by atoms with Crippen molar-refractivity contribution in [2.24, 2.45) is 5.92 Å². The predicted octanol–water partition coefficient (Wildman–Crippen LogP) is -0.137. The SMILES string of the molecule is CNC(=O)[C@H](C)NC(=O)C(NC(=O)CCCCCN1C(=O)C=CC1=O)C(C)C. The number of imide groups is 1. The first-order valence-electron chi connectivity index (χ1n) is 9.52. The maximum atomic E-state index is 12.4. The van der Waals surface area contributed by atoms with Gasteiger partial charge in [0.2, 0.25) is 17.7 Å². The van der Waals surface area contributed by atoms with E-state index in [1.165, 1.54) is 24.1 Å². The van der Waals surface area contributed by atoms with Crippen LogP contribution in [0.15, 0.2) is 12.2 Å². The van der Waals surface area contributed by atoms with Gasteiger partial charge >= 0.3 is 0 Å². The molecule has 0 spiro atoms. The summed E-state index contributed by atoms with van der Waals surface area (Å²) in [5.74, 6) is -1.72. The number of carbonyl (C=O) groups excluding carboxylic acids is 5. The summed E-state index contributed by atoms with van der Waals surface area (Å²) in [6.07, 6.45) is 4.61. The van der Waals surface area contributed by atoms with E-state index in [2.05, 4.69) is 16.0 Å². The number of hydrogen-bond donors (Lipinski definition) is 3. The van der Waals surface area contributed by atoms with E-state index in [0.717, 1.165) is 0 Å². The fraction of sp³-hybridized carbons (Fsp3) is 0.632. The smallest absolute Gasteiger partial charge is 0.253 e. The second-order valence-electron chi connectivity index (χ2n) is 7.11. The molecule has 0 radical (unpaired) electrons. The first kappa shape index (κ1) is 23.3. The highest BCUT2D eigenvalue weighted by Gasteiger charge is 2.26. The van der Waals surface area contributed by atoms with E-state index in [4.69, 9.17) is 0 Å². The molecule has 1 rings (SSSR count). The lowest BCUT2D eigenvalue weighted by atomic mass is 10.0. The van der Waals surface area contributed by atoms with Crippen molar-refractivity contribution in [1.82, 2.24) is 20.9 Å². The predicted molar refractivity (Wildman–Crippen MR) is 103 cm³/mol. The largest absolute Gasteiger partial charge is 0.357 e. The Balaban J connectivity index is 2.35. The van der Waals surface area contributed by atoms with Crippen LogP contribution in [0, 0.1) is 5.92 Å². The molecule has 0 fully saturated rings. The Bertz CT molecular complexity index is 626. The lowest BCUT2D eigenvalue weighted by Gasteiger charge is -2.23. The van der Waals surface area contributed by atoms with Crippen LogP contribution < -0.4 is 16.0 Å². The van der Waals surface area contributed by atoms with Gasteiger partial charge in [0.1, 0.15) is 12.1 Å². The molecule has 0 aliphatic carbocycles. The first-order valence-corrected chi connectivity index (χ1v) is 9.52. The van der Waals surface area contributed by atoms with Gasteiger partial charge in [0, 0.05) is 32.2 Å². The number of carbonyl (C=O) groups is 5. The molecule has 2 atom stereocenters. The summed E-state index contributed by atoms with van der Waals surface area (Å²) >= 11 is 0. The van der Waals surface area contributed by atoms with Crippen molar-refractivity contribution in [2.75, 3.05) is 13.6 Å². The van der Waals surface area contributed by atoms with Gasteiger partial charge in [-0.25, -0.2) is 0 Å². The Morgan fingerprint density at radius 3 is 2.07 bits per heavy atom. The van der Waals surface area contributed by atoms with Gasteiger partial charge in [0.05, 0.1) is 0 Å². The van der Waals surface area contributed by atoms with Crippen molar-refractivity contribution in [3.63, 3.8) is 0 Å². The van der Waals surface area contributed by atoms with Crippen LogP contribution >= 0.6 is 0 Å². The molecular formula is C19H30N4O5. The van der Waals surface area contributed by atoms with E-state index < -0.39 is 18.0 Å². The van der Waals surface area contributed by atoms with Gasteiger partial charge in [-0.1, -0.05) is 20.3 Å². The van der Waals surface area contributed by atoms with Crippen molar-refractivity contribution in [2.45, 2.75) is 58.5 Å². The molecule has 9 nitrogen and oxygen atoms in total. The normalized spacial score (nSPS) is 15.5. The van der Waals surface area contributed by atoms with E-state index in [-0.39, 0.29) is 36.0 Å². The number of rotatable bonds is 11. The summed E-state index contributed by atoms with van der Waals surface area (Å²) in [4.78, 5) is 60.1. The third-order valence-electron chi connectivity index (χ3n) is 4.45. The minimum atomic E-state index is -0.731. The fourth-order valence-electron chi connectivity index (χ4n) is 2.75. The van der Waals surface area contributed by atoms with Crippen LogP contribution in [0.3, 0.4) is 0 Å². The van der Waals surface area contributed by atoms with Gasteiger partial charge < -0.3 is 16.0 Å². The maximum absolute atomic E-state index is 12.4. The van der Waals surface area contributed by atoms with Crippen molar-refractivity contribution < 1.29 is 24.0 Å². The van der Waals surface area contributed by atoms with Gasteiger partial charge in [-0.3, -0.25) is 28.9 Å². The molecule has 9 heteroatoms. The minimum absolute atomic E-state index is 0.138. The summed E-state index contributed by atoms with van der Waals surface area (Å²) in [5.41, 5.74) is 0. The second-order valence-corrected chi connectivity index (χ2v) is 7.11. The summed E-state index contributed by atoms with van der Waals surface area (Å²) in [6.45, 7) is 5.53. The average Bonchev–Trinajstić information content (AvgIpc) is 2.96. The van der Waals surface area contributed by atoms with Crippen molar-refractivity contribution in [1.29, 1.82) is 0 Å². The number of hydrogen-bond acceptors (Lipinski definition) is 5. The van der Waals surface area contributed by atoms with Gasteiger partial charge in [0.15, 0.2) is 0 Å². The Morgan fingerprint density at radius 1 is 0.929 bits per heavy atom. The third kappa shape index (κ3) is 7.13. The average molecular weight is 394 g/mol. The van der Waals surface area contributed by atoms with Crippen molar-refractivity contribution in [3.8, 4) is 0 Å². The number of amides is 5. The Labute approximate surface area is 165 Å². The van der Waals surface area contributed by atoms with Crippen LogP contribution in [-0.2, 0) is 24.0 Å². The molecule has 156 valence electrons. The molecule has 0 aromatic rings. The third-order valence-corrected chi connectivity index (χ3v) is 4.45. The van der Waals surface area contributed by atoms with Gasteiger partial charge in [-0.2, -0.15) is 0 Å². The van der Waals surface area contributed by atoms with E-state index in [1.807, 2.05) is 13.8 Å². The molecule has 28 heavy (non-hydrogen) atoms. The highest BCUT2D eigenvalue weighted by Crippen LogP contribution is 2.09. The van der Waals surface area contributed by atoms with Gasteiger partial charge in [-0.15, -0.1) is 0 Å². The maximum Gasteiger partial charge on any atom is 0.253 e. The van der Waals surface area contributed by atoms with Crippen LogP contribution in [0.1, 0.15) is 46.5 Å². The summed E-state index contributed by atoms with van der Waals surface area (Å²) < 4.78 is 0. The lowest BCUT2D eigenvalue weighted by molar-refractivity contribution is -0.137. The van der Waals surface area contributed by atoms with E-state index in [0.29, 0.717) is 25.8 Å². The fourth-order valence-corrected chi connectivity index (χ4v) is 2.75. The molecule has 0 bridgehead atoms. The first-order chi connectivity index (χ1) is 13.2. The van der Waals surface area contributed by atoms with Gasteiger partial charge in [-0.05, 0) is 25.7 Å². The summed E-state index contributed by atoms with van der Waals surface area (Å²) in [7, 11) is 1.48. The number of likely N-dealkylation sites (N-methyl/N-ethyl adjacent to an activating group) is 1. The summed E-state index contributed by atoms with van der Waals surface area (Å²) in [6, 6.07) is -1.42. The minimum Gasteiger partial charge on any atom is -0.357 e. The Kier molecular flexibility index (Phi) is 9.34. The standard InChI is InChI=1S/C19H30N4O5/c1-12(2)17(19(28)21-13(3)18(27)20-4)22-14(24)8-6-5-7-11-23-15(25)9-10-16(23)26/h9-10,12-13,17H,5-8,11H2,1-4H3,(H,20,27)(H,21,28)(H,22,24)/t13-,17?/m0/s1. The number of nitrogens with one attached hydrogen (secondary N) is 3. The molecule has 0 saturated carbocycles. The zero-order chi connectivity index (χ0) is 21.3. The van der Waals surface area contributed by atoms with Crippen LogP contribution in [0.25, 0.3) is 0 Å². The van der Waals surface area contributed by atoms with Crippen molar-refractivity contribution >= 4 is 29.5 Å². The van der Waals surface area contributed by atoms with E-state index >= 15 is 0 Å². The lowest BCUT2D eigenvalue weighted by Crippen LogP contribution is -2.54.